The van der Waals surface area contributed by atoms with Crippen molar-refractivity contribution >= 4 is 26.9 Å². The van der Waals surface area contributed by atoms with Gasteiger partial charge in [0.05, 0.1) is 6.26 Å². The Morgan fingerprint density at radius 1 is 1.33 bits per heavy atom. The maximum absolute atomic E-state index is 5.49. The molecule has 1 aromatic heterocycles. The maximum atomic E-state index is 5.49. The SMILES string of the molecule is CC.NCCc1coc2cc(Br)ccc12. The third-order valence-corrected chi connectivity index (χ3v) is 2.52. The highest BCUT2D eigenvalue weighted by atomic mass is 79.9. The van der Waals surface area contributed by atoms with Gasteiger partial charge in [-0.1, -0.05) is 29.8 Å². The second-order valence-electron chi connectivity index (χ2n) is 2.94. The van der Waals surface area contributed by atoms with Crippen molar-refractivity contribution in [3.63, 3.8) is 0 Å². The van der Waals surface area contributed by atoms with E-state index in [1.165, 1.54) is 5.56 Å². The number of nitrogens with two attached hydrogens (primary N) is 1. The van der Waals surface area contributed by atoms with Crippen LogP contribution in [0.2, 0.25) is 0 Å². The van der Waals surface area contributed by atoms with Gasteiger partial charge in [0.2, 0.25) is 0 Å². The van der Waals surface area contributed by atoms with Gasteiger partial charge in [0.15, 0.2) is 0 Å². The minimum absolute atomic E-state index is 0.657. The van der Waals surface area contributed by atoms with Crippen molar-refractivity contribution in [3.05, 3.63) is 34.5 Å². The van der Waals surface area contributed by atoms with Gasteiger partial charge in [-0.3, -0.25) is 0 Å². The molecule has 2 aromatic rings. The zero-order valence-corrected chi connectivity index (χ0v) is 10.7. The fraction of sp³-hybridized carbons (Fsp3) is 0.333. The first-order valence-corrected chi connectivity index (χ1v) is 5.96. The zero-order chi connectivity index (χ0) is 11.3. The largest absolute Gasteiger partial charge is 0.464 e. The molecule has 0 bridgehead atoms. The molecular weight excluding hydrogens is 254 g/mol. The molecule has 0 fully saturated rings. The molecule has 0 radical (unpaired) electrons. The number of furan rings is 1. The summed E-state index contributed by atoms with van der Waals surface area (Å²) in [7, 11) is 0. The first kappa shape index (κ1) is 12.3. The highest BCUT2D eigenvalue weighted by Crippen LogP contribution is 2.24. The Morgan fingerprint density at radius 2 is 2.07 bits per heavy atom. The highest BCUT2D eigenvalue weighted by Gasteiger charge is 2.04. The Morgan fingerprint density at radius 3 is 2.73 bits per heavy atom. The van der Waals surface area contributed by atoms with Crippen molar-refractivity contribution in [2.75, 3.05) is 6.54 Å². The Hall–Kier alpha value is -0.800. The summed E-state index contributed by atoms with van der Waals surface area (Å²) in [6, 6.07) is 6.03. The third-order valence-electron chi connectivity index (χ3n) is 2.03. The summed E-state index contributed by atoms with van der Waals surface area (Å²) >= 11 is 3.40. The van der Waals surface area contributed by atoms with Crippen LogP contribution in [0.5, 0.6) is 0 Å². The minimum atomic E-state index is 0.657. The Labute approximate surface area is 98.6 Å². The van der Waals surface area contributed by atoms with Gasteiger partial charge in [-0.2, -0.15) is 0 Å². The van der Waals surface area contributed by atoms with Crippen LogP contribution in [-0.2, 0) is 6.42 Å². The zero-order valence-electron chi connectivity index (χ0n) is 9.09. The van der Waals surface area contributed by atoms with Crippen molar-refractivity contribution in [1.82, 2.24) is 0 Å². The Kier molecular flexibility index (Phi) is 4.85. The lowest BCUT2D eigenvalue weighted by molar-refractivity contribution is 0.610. The van der Waals surface area contributed by atoms with Crippen molar-refractivity contribution < 1.29 is 4.42 Å². The number of hydrogen-bond acceptors (Lipinski definition) is 2. The van der Waals surface area contributed by atoms with Gasteiger partial charge in [0.25, 0.3) is 0 Å². The van der Waals surface area contributed by atoms with Crippen LogP contribution < -0.4 is 5.73 Å². The predicted octanol–water partition coefficient (Wildman–Crippen LogP) is 3.72. The molecule has 0 aliphatic rings. The van der Waals surface area contributed by atoms with Crippen LogP contribution in [0.15, 0.2) is 33.4 Å². The van der Waals surface area contributed by atoms with Crippen LogP contribution in [0.1, 0.15) is 19.4 Å². The number of hydrogen-bond donors (Lipinski definition) is 1. The Balaban J connectivity index is 0.000000531. The van der Waals surface area contributed by atoms with E-state index in [4.69, 9.17) is 10.2 Å². The quantitative estimate of drug-likeness (QED) is 0.903. The van der Waals surface area contributed by atoms with E-state index in [-0.39, 0.29) is 0 Å². The van der Waals surface area contributed by atoms with Crippen molar-refractivity contribution in [2.24, 2.45) is 5.73 Å². The van der Waals surface area contributed by atoms with Gasteiger partial charge >= 0.3 is 0 Å². The van der Waals surface area contributed by atoms with E-state index in [9.17, 15) is 0 Å². The van der Waals surface area contributed by atoms with E-state index in [2.05, 4.69) is 15.9 Å². The molecule has 2 nitrogen and oxygen atoms in total. The summed E-state index contributed by atoms with van der Waals surface area (Å²) in [6.07, 6.45) is 2.65. The van der Waals surface area contributed by atoms with Crippen LogP contribution in [0, 0.1) is 0 Å². The van der Waals surface area contributed by atoms with Crippen LogP contribution in [-0.4, -0.2) is 6.54 Å². The van der Waals surface area contributed by atoms with E-state index >= 15 is 0 Å². The maximum Gasteiger partial charge on any atom is 0.135 e. The summed E-state index contributed by atoms with van der Waals surface area (Å²) in [5.41, 5.74) is 7.59. The van der Waals surface area contributed by atoms with Crippen molar-refractivity contribution in [1.29, 1.82) is 0 Å². The summed E-state index contributed by atoms with van der Waals surface area (Å²) < 4.78 is 6.43. The molecule has 3 heteroatoms. The van der Waals surface area contributed by atoms with Gasteiger partial charge in [-0.05, 0) is 36.7 Å². The van der Waals surface area contributed by atoms with E-state index < -0.39 is 0 Å². The molecule has 1 aromatic carbocycles. The van der Waals surface area contributed by atoms with E-state index in [0.29, 0.717) is 6.54 Å². The molecule has 0 amide bonds. The molecule has 0 aliphatic carbocycles. The second kappa shape index (κ2) is 5.93. The summed E-state index contributed by atoms with van der Waals surface area (Å²) in [6.45, 7) is 4.66. The van der Waals surface area contributed by atoms with Crippen molar-refractivity contribution in [3.8, 4) is 0 Å². The molecule has 0 saturated carbocycles. The van der Waals surface area contributed by atoms with Crippen LogP contribution >= 0.6 is 15.9 Å². The minimum Gasteiger partial charge on any atom is -0.464 e. The number of fused-ring (bicyclic) bond motifs is 1. The normalized spacial score (nSPS) is 9.87. The molecule has 0 spiro atoms. The second-order valence-corrected chi connectivity index (χ2v) is 3.86. The molecular formula is C12H16BrNO. The molecule has 0 atom stereocenters. The summed E-state index contributed by atoms with van der Waals surface area (Å²) in [5, 5.41) is 1.16. The van der Waals surface area contributed by atoms with Crippen LogP contribution in [0.4, 0.5) is 0 Å². The van der Waals surface area contributed by atoms with Gasteiger partial charge in [0, 0.05) is 9.86 Å². The molecule has 0 saturated heterocycles. The first-order chi connectivity index (χ1) is 7.31. The molecule has 2 rings (SSSR count). The lowest BCUT2D eigenvalue weighted by Gasteiger charge is -1.93. The van der Waals surface area contributed by atoms with Gasteiger partial charge in [-0.15, -0.1) is 0 Å². The monoisotopic (exact) mass is 269 g/mol. The third kappa shape index (κ3) is 2.83. The molecule has 1 heterocycles. The van der Waals surface area contributed by atoms with Crippen molar-refractivity contribution in [2.45, 2.75) is 20.3 Å². The fourth-order valence-corrected chi connectivity index (χ4v) is 1.75. The fourth-order valence-electron chi connectivity index (χ4n) is 1.41. The average Bonchev–Trinajstić information content (AvgIpc) is 2.64. The lowest BCUT2D eigenvalue weighted by Crippen LogP contribution is -2.01. The Bertz CT molecular complexity index is 422. The molecule has 0 aliphatic heterocycles. The molecule has 0 unspecified atom stereocenters. The smallest absolute Gasteiger partial charge is 0.135 e. The average molecular weight is 270 g/mol. The lowest BCUT2D eigenvalue weighted by atomic mass is 10.1. The number of rotatable bonds is 2. The van der Waals surface area contributed by atoms with E-state index in [0.717, 1.165) is 21.9 Å². The van der Waals surface area contributed by atoms with Crippen LogP contribution in [0.25, 0.3) is 11.0 Å². The number of benzene rings is 1. The molecule has 15 heavy (non-hydrogen) atoms. The van der Waals surface area contributed by atoms with Gasteiger partial charge in [-0.25, -0.2) is 0 Å². The highest BCUT2D eigenvalue weighted by molar-refractivity contribution is 9.10. The number of halogens is 1. The molecule has 82 valence electrons. The molecule has 2 N–H and O–H groups in total. The summed E-state index contributed by atoms with van der Waals surface area (Å²) in [5.74, 6) is 0. The topological polar surface area (TPSA) is 39.2 Å². The van der Waals surface area contributed by atoms with E-state index in [1.807, 2.05) is 32.0 Å². The first-order valence-electron chi connectivity index (χ1n) is 5.17. The predicted molar refractivity (Wildman–Crippen MR) is 68.0 cm³/mol. The standard InChI is InChI=1S/C10H10BrNO.C2H6/c11-8-1-2-9-7(3-4-12)6-13-10(9)5-8;1-2/h1-2,5-6H,3-4,12H2;1-2H3. The summed E-state index contributed by atoms with van der Waals surface area (Å²) in [4.78, 5) is 0. The van der Waals surface area contributed by atoms with Crippen LogP contribution in [0.3, 0.4) is 0 Å². The van der Waals surface area contributed by atoms with Gasteiger partial charge < -0.3 is 10.2 Å². The van der Waals surface area contributed by atoms with Gasteiger partial charge in [0.1, 0.15) is 5.58 Å². The van der Waals surface area contributed by atoms with E-state index in [1.54, 1.807) is 6.26 Å².